The highest BCUT2D eigenvalue weighted by molar-refractivity contribution is 8.20. The summed E-state index contributed by atoms with van der Waals surface area (Å²) in [5.74, 6) is -2.35. The van der Waals surface area contributed by atoms with Gasteiger partial charge in [-0.3, -0.25) is 9.99 Å². The number of hydrogen-bond acceptors (Lipinski definition) is 4. The van der Waals surface area contributed by atoms with Gasteiger partial charge in [-0.05, 0) is 0 Å². The van der Waals surface area contributed by atoms with Crippen molar-refractivity contribution in [3.8, 4) is 0 Å². The summed E-state index contributed by atoms with van der Waals surface area (Å²) in [6.07, 6.45) is -3.08. The first-order chi connectivity index (χ1) is 11.9. The lowest BCUT2D eigenvalue weighted by molar-refractivity contribution is -0.136. The van der Waals surface area contributed by atoms with E-state index in [0.29, 0.717) is 0 Å². The fraction of sp³-hybridized carbons (Fsp3) is 0.118. The summed E-state index contributed by atoms with van der Waals surface area (Å²) in [5.41, 5.74) is -0.261. The fourth-order valence-corrected chi connectivity index (χ4v) is 4.93. The molecule has 25 heavy (non-hydrogen) atoms. The molecule has 0 saturated carbocycles. The molecule has 0 unspecified atom stereocenters. The Kier molecular flexibility index (Phi) is 6.44. The summed E-state index contributed by atoms with van der Waals surface area (Å²) in [6.45, 7) is 0. The largest absolute Gasteiger partial charge is 0.481 e. The molecule has 8 heteroatoms. The molecule has 0 radical (unpaired) electrons. The number of aliphatic carboxylic acids is 2. The molecule has 0 aromatic heterocycles. The van der Waals surface area contributed by atoms with Gasteiger partial charge >= 0.3 is 11.9 Å². The van der Waals surface area contributed by atoms with Crippen molar-refractivity contribution in [2.75, 3.05) is 0 Å². The summed E-state index contributed by atoms with van der Waals surface area (Å²) in [6, 6.07) is 18.6. The van der Waals surface area contributed by atoms with Crippen LogP contribution < -0.4 is 15.8 Å². The number of rotatable bonds is 8. The summed E-state index contributed by atoms with van der Waals surface area (Å²) in [5, 5.41) is 26.5. The molecule has 2 aromatic rings. The van der Waals surface area contributed by atoms with Crippen molar-refractivity contribution < 1.29 is 19.8 Å². The normalized spacial score (nSPS) is 11.8. The lowest BCUT2D eigenvalue weighted by Gasteiger charge is -2.23. The quantitative estimate of drug-likeness (QED) is 0.370. The summed E-state index contributed by atoms with van der Waals surface area (Å²) < 4.78 is 0. The van der Waals surface area contributed by atoms with Gasteiger partial charge in [0, 0.05) is 17.0 Å². The van der Waals surface area contributed by atoms with Crippen LogP contribution in [0.1, 0.15) is 12.8 Å². The number of hydrazone groups is 1. The van der Waals surface area contributed by atoms with Crippen molar-refractivity contribution in [3.63, 3.8) is 0 Å². The zero-order valence-electron chi connectivity index (χ0n) is 13.2. The van der Waals surface area contributed by atoms with E-state index in [1.165, 1.54) is 0 Å². The number of carbonyl (C=O) groups is 2. The van der Waals surface area contributed by atoms with Gasteiger partial charge in [-0.1, -0.05) is 72.5 Å². The second kappa shape index (κ2) is 8.55. The predicted octanol–water partition coefficient (Wildman–Crippen LogP) is 1.93. The molecule has 0 aliphatic rings. The van der Waals surface area contributed by atoms with E-state index in [9.17, 15) is 14.7 Å². The molecule has 0 heterocycles. The summed E-state index contributed by atoms with van der Waals surface area (Å²) in [7, 11) is 0. The Morgan fingerprint density at radius 1 is 0.920 bits per heavy atom. The molecule has 0 spiro atoms. The van der Waals surface area contributed by atoms with E-state index in [1.54, 1.807) is 0 Å². The molecule has 2 rings (SSSR count). The average Bonchev–Trinajstić information content (AvgIpc) is 2.62. The van der Waals surface area contributed by atoms with Crippen LogP contribution in [0.25, 0.3) is 0 Å². The van der Waals surface area contributed by atoms with Crippen LogP contribution in [0.3, 0.4) is 0 Å². The molecular weight excluding hydrogens is 359 g/mol. The van der Waals surface area contributed by atoms with Crippen molar-refractivity contribution in [2.24, 2.45) is 5.10 Å². The van der Waals surface area contributed by atoms with Gasteiger partial charge in [0.2, 0.25) is 0 Å². The minimum Gasteiger partial charge on any atom is -0.481 e. The van der Waals surface area contributed by atoms with Gasteiger partial charge in [-0.25, -0.2) is 4.79 Å². The lowest BCUT2D eigenvalue weighted by atomic mass is 10.2. The molecule has 0 aliphatic carbocycles. The molecular formula is C17H17N2O4PS. The van der Waals surface area contributed by atoms with Gasteiger partial charge < -0.3 is 10.2 Å². The van der Waals surface area contributed by atoms with Crippen LogP contribution in [-0.4, -0.2) is 27.9 Å². The molecule has 6 nitrogen and oxygen atoms in total. The summed E-state index contributed by atoms with van der Waals surface area (Å²) in [4.78, 5) is 22.0. The van der Waals surface area contributed by atoms with Crippen molar-refractivity contribution in [1.29, 1.82) is 0 Å². The Morgan fingerprint density at radius 2 is 1.40 bits per heavy atom. The first kappa shape index (κ1) is 18.8. The first-order valence-electron chi connectivity index (χ1n) is 7.43. The third-order valence-corrected chi connectivity index (χ3v) is 7.33. The lowest BCUT2D eigenvalue weighted by Crippen LogP contribution is -2.27. The number of carboxylic acids is 2. The van der Waals surface area contributed by atoms with E-state index < -0.39 is 18.1 Å². The third-order valence-electron chi connectivity index (χ3n) is 3.39. The maximum absolute atomic E-state index is 11.3. The highest BCUT2D eigenvalue weighted by Gasteiger charge is 2.22. The van der Waals surface area contributed by atoms with Crippen LogP contribution in [0.5, 0.6) is 0 Å². The average molecular weight is 376 g/mol. The van der Waals surface area contributed by atoms with Gasteiger partial charge in [0.1, 0.15) is 11.9 Å². The smallest absolute Gasteiger partial charge is 0.352 e. The monoisotopic (exact) mass is 376 g/mol. The standard InChI is InChI=1S/C17H17N2O4PS/c20-16(21)12-11-15(17(22)23)18-19-24(25,13-7-3-1-4-8-13)14-9-5-2-6-10-14/h1-10H,11-12H2,(H,19,25)(H,20,21)(H,22,23)/b18-15-. The van der Waals surface area contributed by atoms with E-state index in [1.807, 2.05) is 60.7 Å². The molecule has 0 fully saturated rings. The SMILES string of the molecule is O=C(O)CC/C(=N/NP(=S)(c1ccccc1)c1ccccc1)C(=O)O. The zero-order chi connectivity index (χ0) is 18.3. The van der Waals surface area contributed by atoms with Gasteiger partial charge in [-0.2, -0.15) is 5.10 Å². The van der Waals surface area contributed by atoms with Crippen molar-refractivity contribution in [3.05, 3.63) is 60.7 Å². The third kappa shape index (κ3) is 4.98. The number of benzene rings is 2. The molecule has 130 valence electrons. The Balaban J connectivity index is 2.40. The van der Waals surface area contributed by atoms with Crippen molar-refractivity contribution >= 4 is 46.3 Å². The van der Waals surface area contributed by atoms with Crippen LogP contribution in [-0.2, 0) is 21.4 Å². The first-order valence-corrected chi connectivity index (χ1v) is 10.2. The van der Waals surface area contributed by atoms with Crippen molar-refractivity contribution in [2.45, 2.75) is 12.8 Å². The summed E-state index contributed by atoms with van der Waals surface area (Å²) >= 11 is 5.86. The minimum absolute atomic E-state index is 0.184. The topological polar surface area (TPSA) is 99.0 Å². The number of nitrogens with zero attached hydrogens (tertiary/aromatic N) is 1. The van der Waals surface area contributed by atoms with Crippen LogP contribution in [0.15, 0.2) is 65.8 Å². The predicted molar refractivity (Wildman–Crippen MR) is 102 cm³/mol. The number of carboxylic acid groups (broad SMARTS) is 2. The highest BCUT2D eigenvalue weighted by Crippen LogP contribution is 2.39. The Labute approximate surface area is 150 Å². The second-order valence-corrected chi connectivity index (χ2v) is 9.23. The van der Waals surface area contributed by atoms with Gasteiger partial charge in [0.15, 0.2) is 0 Å². The highest BCUT2D eigenvalue weighted by atomic mass is 32.4. The minimum atomic E-state index is -2.58. The fourth-order valence-electron chi connectivity index (χ4n) is 2.11. The Morgan fingerprint density at radius 3 is 1.80 bits per heavy atom. The van der Waals surface area contributed by atoms with Crippen LogP contribution in [0, 0.1) is 0 Å². The van der Waals surface area contributed by atoms with Crippen LogP contribution in [0.4, 0.5) is 0 Å². The van der Waals surface area contributed by atoms with Crippen LogP contribution >= 0.6 is 6.19 Å². The number of hydrogen-bond donors (Lipinski definition) is 3. The van der Waals surface area contributed by atoms with E-state index in [4.69, 9.17) is 16.9 Å². The van der Waals surface area contributed by atoms with E-state index in [0.717, 1.165) is 10.6 Å². The maximum Gasteiger partial charge on any atom is 0.352 e. The molecule has 3 N–H and O–H groups in total. The van der Waals surface area contributed by atoms with E-state index in [2.05, 4.69) is 10.3 Å². The van der Waals surface area contributed by atoms with Crippen LogP contribution in [0.2, 0.25) is 0 Å². The van der Waals surface area contributed by atoms with Crippen molar-refractivity contribution in [1.82, 2.24) is 5.20 Å². The molecule has 0 atom stereocenters. The Hall–Kier alpha value is -2.50. The maximum atomic E-state index is 11.3. The molecule has 0 bridgehead atoms. The van der Waals surface area contributed by atoms with Gasteiger partial charge in [0.25, 0.3) is 0 Å². The van der Waals surface area contributed by atoms with Gasteiger partial charge in [0.05, 0.1) is 6.42 Å². The Bertz CT molecular complexity index is 782. The molecule has 0 saturated heterocycles. The second-order valence-electron chi connectivity index (χ2n) is 5.14. The zero-order valence-corrected chi connectivity index (χ0v) is 14.9. The molecule has 0 amide bonds. The molecule has 0 aliphatic heterocycles. The van der Waals surface area contributed by atoms with E-state index in [-0.39, 0.29) is 18.6 Å². The van der Waals surface area contributed by atoms with Gasteiger partial charge in [-0.15, -0.1) is 0 Å². The van der Waals surface area contributed by atoms with E-state index >= 15 is 0 Å². The number of nitrogens with one attached hydrogen (secondary N) is 1. The molecule has 2 aromatic carbocycles.